The van der Waals surface area contributed by atoms with Gasteiger partial charge in [-0.15, -0.1) is 0 Å². The van der Waals surface area contributed by atoms with Crippen molar-refractivity contribution in [2.24, 2.45) is 0 Å². The van der Waals surface area contributed by atoms with E-state index in [0.717, 1.165) is 12.8 Å². The molecule has 0 heterocycles. The highest BCUT2D eigenvalue weighted by molar-refractivity contribution is 9.10. The summed E-state index contributed by atoms with van der Waals surface area (Å²) >= 11 is 3.21. The van der Waals surface area contributed by atoms with Crippen LogP contribution in [0.15, 0.2) is 62.8 Å². The summed E-state index contributed by atoms with van der Waals surface area (Å²) in [6.45, 7) is 0. The normalized spacial score (nSPS) is 15.2. The molecule has 0 radical (unpaired) electrons. The van der Waals surface area contributed by atoms with Gasteiger partial charge >= 0.3 is 0 Å². The van der Waals surface area contributed by atoms with Gasteiger partial charge in [-0.05, 0) is 65.2 Å². The highest BCUT2D eigenvalue weighted by Crippen LogP contribution is 2.25. The van der Waals surface area contributed by atoms with Crippen LogP contribution in [0, 0.1) is 0 Å². The summed E-state index contributed by atoms with van der Waals surface area (Å²) in [7, 11) is -7.31. The van der Waals surface area contributed by atoms with E-state index in [9.17, 15) is 16.8 Å². The van der Waals surface area contributed by atoms with Gasteiger partial charge in [-0.3, -0.25) is 4.72 Å². The van der Waals surface area contributed by atoms with E-state index >= 15 is 0 Å². The lowest BCUT2D eigenvalue weighted by Crippen LogP contribution is -2.25. The van der Waals surface area contributed by atoms with Gasteiger partial charge in [0.05, 0.1) is 4.90 Å². The largest absolute Gasteiger partial charge is 0.280 e. The second-order valence-corrected chi connectivity index (χ2v) is 9.68. The van der Waals surface area contributed by atoms with Gasteiger partial charge < -0.3 is 0 Å². The van der Waals surface area contributed by atoms with E-state index in [2.05, 4.69) is 25.4 Å². The van der Waals surface area contributed by atoms with E-state index in [-0.39, 0.29) is 21.5 Å². The van der Waals surface area contributed by atoms with Gasteiger partial charge in [0.25, 0.3) is 10.0 Å². The van der Waals surface area contributed by atoms with Crippen molar-refractivity contribution in [3.63, 3.8) is 0 Å². The molecule has 24 heavy (non-hydrogen) atoms. The fourth-order valence-corrected chi connectivity index (χ4v) is 5.43. The third kappa shape index (κ3) is 3.97. The number of rotatable bonds is 6. The summed E-state index contributed by atoms with van der Waals surface area (Å²) in [6.07, 6.45) is 1.70. The van der Waals surface area contributed by atoms with Crippen LogP contribution in [-0.4, -0.2) is 22.9 Å². The lowest BCUT2D eigenvalue weighted by Gasteiger charge is -2.10. The smallest absolute Gasteiger partial charge is 0.263 e. The molecule has 0 aliphatic heterocycles. The first-order valence-corrected chi connectivity index (χ1v) is 10.9. The molecule has 1 fully saturated rings. The predicted octanol–water partition coefficient (Wildman–Crippen LogP) is 2.69. The maximum absolute atomic E-state index is 12.4. The molecule has 0 bridgehead atoms. The Hall–Kier alpha value is -1.42. The van der Waals surface area contributed by atoms with Crippen molar-refractivity contribution in [3.05, 3.63) is 53.0 Å². The standard InChI is InChI=1S/C15H15BrN2O4S2/c16-14-3-1-2-4-15(14)24(21,22)18-12-7-9-13(10-8-12)23(19,20)17-11-5-6-11/h1-4,7-11,17-18H,5-6H2. The molecule has 2 aromatic carbocycles. The molecule has 0 spiro atoms. The third-order valence-corrected chi connectivity index (χ3v) is 7.37. The van der Waals surface area contributed by atoms with Crippen molar-refractivity contribution in [2.75, 3.05) is 4.72 Å². The highest BCUT2D eigenvalue weighted by atomic mass is 79.9. The van der Waals surface area contributed by atoms with Crippen LogP contribution in [0.2, 0.25) is 0 Å². The molecule has 0 amide bonds. The lowest BCUT2D eigenvalue weighted by molar-refractivity contribution is 0.581. The average molecular weight is 431 g/mol. The first kappa shape index (κ1) is 17.4. The molecule has 0 unspecified atom stereocenters. The molecule has 2 N–H and O–H groups in total. The Morgan fingerprint density at radius 2 is 1.50 bits per heavy atom. The quantitative estimate of drug-likeness (QED) is 0.736. The molecule has 6 nitrogen and oxygen atoms in total. The first-order chi connectivity index (χ1) is 11.3. The summed E-state index contributed by atoms with van der Waals surface area (Å²) < 4.78 is 54.4. The molecule has 0 aromatic heterocycles. The van der Waals surface area contributed by atoms with Crippen LogP contribution in [-0.2, 0) is 20.0 Å². The van der Waals surface area contributed by atoms with Crippen molar-refractivity contribution < 1.29 is 16.8 Å². The first-order valence-electron chi connectivity index (χ1n) is 7.18. The molecule has 9 heteroatoms. The van der Waals surface area contributed by atoms with Crippen LogP contribution >= 0.6 is 15.9 Å². The monoisotopic (exact) mass is 430 g/mol. The molecular weight excluding hydrogens is 416 g/mol. The minimum Gasteiger partial charge on any atom is -0.280 e. The maximum atomic E-state index is 12.4. The number of anilines is 1. The predicted molar refractivity (Wildman–Crippen MR) is 94.7 cm³/mol. The van der Waals surface area contributed by atoms with E-state index in [1.165, 1.54) is 30.3 Å². The Balaban J connectivity index is 1.80. The Labute approximate surface area is 149 Å². The Bertz CT molecular complexity index is 953. The number of sulfonamides is 2. The second kappa shape index (κ2) is 6.47. The number of halogens is 1. The number of hydrogen-bond donors (Lipinski definition) is 2. The Morgan fingerprint density at radius 3 is 2.08 bits per heavy atom. The molecule has 2 aromatic rings. The SMILES string of the molecule is O=S(=O)(NC1CC1)c1ccc(NS(=O)(=O)c2ccccc2Br)cc1. The van der Waals surface area contributed by atoms with Crippen molar-refractivity contribution >= 4 is 41.7 Å². The van der Waals surface area contributed by atoms with Crippen molar-refractivity contribution in [1.82, 2.24) is 4.72 Å². The van der Waals surface area contributed by atoms with Gasteiger partial charge in [0.1, 0.15) is 4.90 Å². The van der Waals surface area contributed by atoms with Crippen molar-refractivity contribution in [3.8, 4) is 0 Å². The van der Waals surface area contributed by atoms with E-state index in [4.69, 9.17) is 0 Å². The highest BCUT2D eigenvalue weighted by Gasteiger charge is 2.28. The minimum atomic E-state index is -3.76. The summed E-state index contributed by atoms with van der Waals surface area (Å²) in [4.78, 5) is 0.218. The van der Waals surface area contributed by atoms with Gasteiger partial charge in [0.15, 0.2) is 0 Å². The van der Waals surface area contributed by atoms with Gasteiger partial charge in [-0.1, -0.05) is 12.1 Å². The van der Waals surface area contributed by atoms with Gasteiger partial charge in [0, 0.05) is 16.2 Å². The molecular formula is C15H15BrN2O4S2. The van der Waals surface area contributed by atoms with Crippen molar-refractivity contribution in [1.29, 1.82) is 0 Å². The summed E-state index contributed by atoms with van der Waals surface area (Å²) in [5.74, 6) is 0. The molecule has 1 saturated carbocycles. The Kier molecular flexibility index (Phi) is 4.69. The van der Waals surface area contributed by atoms with Crippen LogP contribution in [0.25, 0.3) is 0 Å². The number of nitrogens with one attached hydrogen (secondary N) is 2. The number of benzene rings is 2. The van der Waals surface area contributed by atoms with E-state index in [0.29, 0.717) is 4.47 Å². The molecule has 1 aliphatic rings. The van der Waals surface area contributed by atoms with Gasteiger partial charge in [-0.25, -0.2) is 21.6 Å². The zero-order chi connectivity index (χ0) is 17.4. The molecule has 3 rings (SSSR count). The van der Waals surface area contributed by atoms with Gasteiger partial charge in [-0.2, -0.15) is 0 Å². The maximum Gasteiger partial charge on any atom is 0.263 e. The van der Waals surface area contributed by atoms with Crippen LogP contribution < -0.4 is 9.44 Å². The summed E-state index contributed by atoms with van der Waals surface area (Å²) in [5, 5.41) is 0. The molecule has 0 saturated heterocycles. The lowest BCUT2D eigenvalue weighted by atomic mass is 10.3. The average Bonchev–Trinajstić information content (AvgIpc) is 3.31. The minimum absolute atomic E-state index is 0.0172. The zero-order valence-electron chi connectivity index (χ0n) is 12.4. The molecule has 0 atom stereocenters. The zero-order valence-corrected chi connectivity index (χ0v) is 15.7. The number of hydrogen-bond acceptors (Lipinski definition) is 4. The van der Waals surface area contributed by atoms with Gasteiger partial charge in [0.2, 0.25) is 10.0 Å². The van der Waals surface area contributed by atoms with Crippen molar-refractivity contribution in [2.45, 2.75) is 28.7 Å². The molecule has 128 valence electrons. The molecule has 1 aliphatic carbocycles. The second-order valence-electron chi connectivity index (χ2n) is 5.46. The topological polar surface area (TPSA) is 92.3 Å². The summed E-state index contributed by atoms with van der Waals surface area (Å²) in [6, 6.07) is 12.1. The van der Waals surface area contributed by atoms with Crippen LogP contribution in [0.1, 0.15) is 12.8 Å². The fourth-order valence-electron chi connectivity index (χ4n) is 2.06. The van der Waals surface area contributed by atoms with Crippen LogP contribution in [0.5, 0.6) is 0 Å². The van der Waals surface area contributed by atoms with E-state index in [1.54, 1.807) is 18.2 Å². The summed E-state index contributed by atoms with van der Waals surface area (Å²) in [5.41, 5.74) is 0.288. The van der Waals surface area contributed by atoms with E-state index < -0.39 is 20.0 Å². The fraction of sp³-hybridized carbons (Fsp3) is 0.200. The van der Waals surface area contributed by atoms with Crippen LogP contribution in [0.3, 0.4) is 0 Å². The Morgan fingerprint density at radius 1 is 0.875 bits per heavy atom. The third-order valence-electron chi connectivity index (χ3n) is 3.44. The van der Waals surface area contributed by atoms with E-state index in [1.807, 2.05) is 0 Å². The van der Waals surface area contributed by atoms with Crippen LogP contribution in [0.4, 0.5) is 5.69 Å².